The highest BCUT2D eigenvalue weighted by atomic mass is 16.5. The molecule has 1 aromatic heterocycles. The first-order chi connectivity index (χ1) is 12.1. The third kappa shape index (κ3) is 4.32. The van der Waals surface area contributed by atoms with Gasteiger partial charge in [-0.15, -0.1) is 0 Å². The molecule has 1 aliphatic rings. The molecule has 3 rings (SSSR count). The topological polar surface area (TPSA) is 93.2 Å². The highest BCUT2D eigenvalue weighted by Crippen LogP contribution is 2.22. The molecule has 1 aliphatic carbocycles. The van der Waals surface area contributed by atoms with E-state index in [1.165, 1.54) is 0 Å². The van der Waals surface area contributed by atoms with E-state index in [4.69, 9.17) is 4.74 Å². The molecule has 130 valence electrons. The first-order valence-corrected chi connectivity index (χ1v) is 8.26. The van der Waals surface area contributed by atoms with E-state index in [9.17, 15) is 9.59 Å². The van der Waals surface area contributed by atoms with E-state index in [1.54, 1.807) is 44.2 Å². The molecule has 0 bridgehead atoms. The zero-order valence-electron chi connectivity index (χ0n) is 14.2. The summed E-state index contributed by atoms with van der Waals surface area (Å²) in [5, 5.41) is 5.99. The average molecular weight is 340 g/mol. The van der Waals surface area contributed by atoms with Crippen LogP contribution in [0.5, 0.6) is 0 Å². The molecule has 1 amide bonds. The van der Waals surface area contributed by atoms with Gasteiger partial charge < -0.3 is 15.4 Å². The Morgan fingerprint density at radius 1 is 1.24 bits per heavy atom. The third-order valence-corrected chi connectivity index (χ3v) is 3.67. The summed E-state index contributed by atoms with van der Waals surface area (Å²) in [5.41, 5.74) is 1.27. The summed E-state index contributed by atoms with van der Waals surface area (Å²) in [7, 11) is 0. The summed E-state index contributed by atoms with van der Waals surface area (Å²) < 4.78 is 5.07. The molecule has 7 nitrogen and oxygen atoms in total. The molecule has 1 heterocycles. The lowest BCUT2D eigenvalue weighted by atomic mass is 10.2. The SMILES string of the molecule is CCOC(=O)c1ccccc1Nc1cc(C(=O)NC2CC2)nc(C)n1. The minimum Gasteiger partial charge on any atom is -0.462 e. The number of aromatic nitrogens is 2. The molecule has 0 spiro atoms. The Balaban J connectivity index is 1.84. The quantitative estimate of drug-likeness (QED) is 0.785. The summed E-state index contributed by atoms with van der Waals surface area (Å²) in [6, 6.07) is 8.83. The molecular weight excluding hydrogens is 320 g/mol. The van der Waals surface area contributed by atoms with Crippen LogP contribution in [0.4, 0.5) is 11.5 Å². The smallest absolute Gasteiger partial charge is 0.340 e. The van der Waals surface area contributed by atoms with Crippen molar-refractivity contribution in [3.8, 4) is 0 Å². The number of carbonyl (C=O) groups is 2. The lowest BCUT2D eigenvalue weighted by molar-refractivity contribution is 0.0527. The van der Waals surface area contributed by atoms with Crippen LogP contribution in [-0.2, 0) is 4.74 Å². The molecule has 1 saturated carbocycles. The van der Waals surface area contributed by atoms with Crippen LogP contribution in [0.1, 0.15) is 46.4 Å². The molecule has 0 radical (unpaired) electrons. The second-order valence-corrected chi connectivity index (χ2v) is 5.82. The Labute approximate surface area is 145 Å². The van der Waals surface area contributed by atoms with Crippen molar-refractivity contribution in [1.82, 2.24) is 15.3 Å². The van der Waals surface area contributed by atoms with Gasteiger partial charge >= 0.3 is 5.97 Å². The number of hydrogen-bond donors (Lipinski definition) is 2. The number of esters is 1. The Morgan fingerprint density at radius 2 is 2.00 bits per heavy atom. The van der Waals surface area contributed by atoms with E-state index < -0.39 is 5.97 Å². The first-order valence-electron chi connectivity index (χ1n) is 8.26. The molecule has 2 aromatic rings. The maximum absolute atomic E-state index is 12.2. The summed E-state index contributed by atoms with van der Waals surface area (Å²) in [4.78, 5) is 32.8. The predicted molar refractivity (Wildman–Crippen MR) is 92.9 cm³/mol. The zero-order valence-corrected chi connectivity index (χ0v) is 14.2. The number of carbonyl (C=O) groups excluding carboxylic acids is 2. The summed E-state index contributed by atoms with van der Waals surface area (Å²) in [5.74, 6) is 0.294. The van der Waals surface area contributed by atoms with Crippen molar-refractivity contribution in [2.24, 2.45) is 0 Å². The lowest BCUT2D eigenvalue weighted by Gasteiger charge is -2.12. The number of aryl methyl sites for hydroxylation is 1. The molecule has 7 heteroatoms. The number of nitrogens with zero attached hydrogens (tertiary/aromatic N) is 2. The van der Waals surface area contributed by atoms with Crippen molar-refractivity contribution in [2.75, 3.05) is 11.9 Å². The van der Waals surface area contributed by atoms with E-state index in [1.807, 2.05) is 0 Å². The van der Waals surface area contributed by atoms with Gasteiger partial charge in [0, 0.05) is 12.1 Å². The van der Waals surface area contributed by atoms with Crippen molar-refractivity contribution in [1.29, 1.82) is 0 Å². The number of anilines is 2. The molecule has 0 aliphatic heterocycles. The first kappa shape index (κ1) is 16.9. The third-order valence-electron chi connectivity index (χ3n) is 3.67. The Kier molecular flexibility index (Phi) is 4.92. The highest BCUT2D eigenvalue weighted by molar-refractivity contribution is 5.97. The van der Waals surface area contributed by atoms with Crippen LogP contribution in [0.2, 0.25) is 0 Å². The van der Waals surface area contributed by atoms with E-state index in [0.717, 1.165) is 12.8 Å². The average Bonchev–Trinajstić information content (AvgIpc) is 3.39. The van der Waals surface area contributed by atoms with E-state index in [-0.39, 0.29) is 11.9 Å². The van der Waals surface area contributed by atoms with Crippen molar-refractivity contribution in [2.45, 2.75) is 32.7 Å². The standard InChI is InChI=1S/C18H20N4O3/c1-3-25-18(24)13-6-4-5-7-14(13)22-16-10-15(19-11(2)20-16)17(23)21-12-8-9-12/h4-7,10,12H,3,8-9H2,1-2H3,(H,21,23)(H,19,20,22). The molecule has 0 atom stereocenters. The Morgan fingerprint density at radius 3 is 2.72 bits per heavy atom. The zero-order chi connectivity index (χ0) is 17.8. The fourth-order valence-corrected chi connectivity index (χ4v) is 2.35. The highest BCUT2D eigenvalue weighted by Gasteiger charge is 2.24. The second-order valence-electron chi connectivity index (χ2n) is 5.82. The Bertz CT molecular complexity index is 803. The number of para-hydroxylation sites is 1. The summed E-state index contributed by atoms with van der Waals surface area (Å²) >= 11 is 0. The van der Waals surface area contributed by atoms with Gasteiger partial charge in [-0.3, -0.25) is 4.79 Å². The van der Waals surface area contributed by atoms with Crippen LogP contribution < -0.4 is 10.6 Å². The van der Waals surface area contributed by atoms with Gasteiger partial charge in [0.15, 0.2) is 0 Å². The number of hydrogen-bond acceptors (Lipinski definition) is 6. The van der Waals surface area contributed by atoms with Crippen LogP contribution in [0.25, 0.3) is 0 Å². The van der Waals surface area contributed by atoms with E-state index >= 15 is 0 Å². The number of ether oxygens (including phenoxy) is 1. The van der Waals surface area contributed by atoms with Gasteiger partial charge in [0.1, 0.15) is 17.3 Å². The molecule has 0 unspecified atom stereocenters. The second kappa shape index (κ2) is 7.29. The monoisotopic (exact) mass is 340 g/mol. The normalized spacial score (nSPS) is 13.2. The molecule has 25 heavy (non-hydrogen) atoms. The van der Waals surface area contributed by atoms with Crippen LogP contribution in [-0.4, -0.2) is 34.5 Å². The van der Waals surface area contributed by atoms with Gasteiger partial charge in [0.05, 0.1) is 17.9 Å². The maximum atomic E-state index is 12.2. The molecule has 2 N–H and O–H groups in total. The number of benzene rings is 1. The number of amides is 1. The van der Waals surface area contributed by atoms with Gasteiger partial charge in [-0.2, -0.15) is 0 Å². The summed E-state index contributed by atoms with van der Waals surface area (Å²) in [6.07, 6.45) is 2.02. The van der Waals surface area contributed by atoms with E-state index in [0.29, 0.717) is 35.2 Å². The fraction of sp³-hybridized carbons (Fsp3) is 0.333. The summed E-state index contributed by atoms with van der Waals surface area (Å²) in [6.45, 7) is 3.77. The van der Waals surface area contributed by atoms with E-state index in [2.05, 4.69) is 20.6 Å². The van der Waals surface area contributed by atoms with Gasteiger partial charge in [0.2, 0.25) is 0 Å². The maximum Gasteiger partial charge on any atom is 0.340 e. The lowest BCUT2D eigenvalue weighted by Crippen LogP contribution is -2.26. The van der Waals surface area contributed by atoms with Crippen LogP contribution >= 0.6 is 0 Å². The van der Waals surface area contributed by atoms with Gasteiger partial charge in [-0.05, 0) is 38.8 Å². The van der Waals surface area contributed by atoms with Gasteiger partial charge in [-0.1, -0.05) is 12.1 Å². The van der Waals surface area contributed by atoms with Gasteiger partial charge in [0.25, 0.3) is 5.91 Å². The minimum atomic E-state index is -0.414. The minimum absolute atomic E-state index is 0.213. The van der Waals surface area contributed by atoms with Crippen molar-refractivity contribution < 1.29 is 14.3 Å². The number of rotatable bonds is 6. The van der Waals surface area contributed by atoms with Crippen LogP contribution in [0.3, 0.4) is 0 Å². The Hall–Kier alpha value is -2.96. The van der Waals surface area contributed by atoms with Crippen LogP contribution in [0.15, 0.2) is 30.3 Å². The molecule has 0 saturated heterocycles. The molecule has 1 fully saturated rings. The van der Waals surface area contributed by atoms with Crippen molar-refractivity contribution in [3.05, 3.63) is 47.4 Å². The van der Waals surface area contributed by atoms with Crippen molar-refractivity contribution >= 4 is 23.4 Å². The van der Waals surface area contributed by atoms with Crippen molar-refractivity contribution in [3.63, 3.8) is 0 Å². The largest absolute Gasteiger partial charge is 0.462 e. The fourth-order valence-electron chi connectivity index (χ4n) is 2.35. The predicted octanol–water partition coefficient (Wildman–Crippen LogP) is 2.60. The number of nitrogens with one attached hydrogen (secondary N) is 2. The molecular formula is C18H20N4O3. The molecule has 1 aromatic carbocycles. The van der Waals surface area contributed by atoms with Gasteiger partial charge in [-0.25, -0.2) is 14.8 Å². The van der Waals surface area contributed by atoms with Crippen LogP contribution in [0, 0.1) is 6.92 Å².